The van der Waals surface area contributed by atoms with Gasteiger partial charge in [0.1, 0.15) is 5.82 Å². The van der Waals surface area contributed by atoms with Crippen LogP contribution in [0.3, 0.4) is 0 Å². The Kier molecular flexibility index (Phi) is 3.53. The lowest BCUT2D eigenvalue weighted by Gasteiger charge is -2.08. The molecular weight excluding hydrogens is 235 g/mol. The maximum atomic E-state index is 13.2. The molecule has 0 aliphatic heterocycles. The second-order valence-corrected chi connectivity index (χ2v) is 3.90. The Bertz CT molecular complexity index is 623. The lowest BCUT2D eigenvalue weighted by molar-refractivity contribution is 0.185. The first-order valence-corrected chi connectivity index (χ1v) is 5.47. The average Bonchev–Trinajstić information content (AvgIpc) is 2.36. The monoisotopic (exact) mass is 248 g/mol. The van der Waals surface area contributed by atoms with E-state index in [9.17, 15) is 9.18 Å². The third-order valence-corrected chi connectivity index (χ3v) is 2.60. The molecule has 1 aromatic heterocycles. The molecule has 94 valence electrons. The highest BCUT2D eigenvalue weighted by Crippen LogP contribution is 2.20. The smallest absolute Gasteiger partial charge is 0.287 e. The largest absolute Gasteiger partial charge is 0.380 e. The summed E-state index contributed by atoms with van der Waals surface area (Å²) in [6.45, 7) is 1.86. The van der Waals surface area contributed by atoms with E-state index in [0.29, 0.717) is 12.4 Å². The molecule has 1 aromatic carbocycles. The second-order valence-electron chi connectivity index (χ2n) is 3.90. The number of aromatic nitrogens is 2. The number of halogens is 1. The number of aryl methyl sites for hydroxylation is 1. The molecule has 0 aliphatic carbocycles. The molecule has 0 radical (unpaired) electrons. The highest BCUT2D eigenvalue weighted by molar-refractivity contribution is 5.59. The molecule has 0 amide bonds. The quantitative estimate of drug-likeness (QED) is 0.904. The highest BCUT2D eigenvalue weighted by Gasteiger charge is 2.11. The van der Waals surface area contributed by atoms with Crippen molar-refractivity contribution in [3.05, 3.63) is 51.7 Å². The van der Waals surface area contributed by atoms with E-state index in [-0.39, 0.29) is 5.69 Å². The molecule has 2 aromatic rings. The van der Waals surface area contributed by atoms with Gasteiger partial charge in [0.2, 0.25) is 5.82 Å². The van der Waals surface area contributed by atoms with Crippen LogP contribution in [0.15, 0.2) is 29.1 Å². The summed E-state index contributed by atoms with van der Waals surface area (Å²) in [4.78, 5) is 17.9. The van der Waals surface area contributed by atoms with Gasteiger partial charge in [0.25, 0.3) is 5.56 Å². The summed E-state index contributed by atoms with van der Waals surface area (Å²) in [6, 6.07) is 7.38. The van der Waals surface area contributed by atoms with E-state index in [1.165, 1.54) is 6.92 Å². The molecule has 0 spiro atoms. The van der Waals surface area contributed by atoms with E-state index in [1.54, 1.807) is 7.11 Å². The predicted molar refractivity (Wildman–Crippen MR) is 65.7 cm³/mol. The van der Waals surface area contributed by atoms with Gasteiger partial charge >= 0.3 is 0 Å². The van der Waals surface area contributed by atoms with Crippen molar-refractivity contribution < 1.29 is 9.13 Å². The fourth-order valence-electron chi connectivity index (χ4n) is 1.73. The Morgan fingerprint density at radius 2 is 2.11 bits per heavy atom. The molecular formula is C13H13FN2O2. The molecule has 1 heterocycles. The number of methoxy groups -OCH3 is 1. The first kappa shape index (κ1) is 12.4. The third-order valence-electron chi connectivity index (χ3n) is 2.60. The highest BCUT2D eigenvalue weighted by atomic mass is 19.1. The minimum absolute atomic E-state index is 0.0842. The molecule has 0 saturated heterocycles. The number of nitrogens with zero attached hydrogens (tertiary/aromatic N) is 1. The van der Waals surface area contributed by atoms with Crippen molar-refractivity contribution in [2.45, 2.75) is 13.5 Å². The van der Waals surface area contributed by atoms with E-state index in [4.69, 9.17) is 4.74 Å². The van der Waals surface area contributed by atoms with Gasteiger partial charge in [0, 0.05) is 12.7 Å². The summed E-state index contributed by atoms with van der Waals surface area (Å²) in [6.07, 6.45) is 0. The summed E-state index contributed by atoms with van der Waals surface area (Å²) in [5.41, 5.74) is 0.944. The van der Waals surface area contributed by atoms with E-state index >= 15 is 0 Å². The summed E-state index contributed by atoms with van der Waals surface area (Å²) in [5.74, 6) is -0.491. The van der Waals surface area contributed by atoms with Crippen LogP contribution in [0.25, 0.3) is 11.4 Å². The Morgan fingerprint density at radius 1 is 1.39 bits per heavy atom. The summed E-state index contributed by atoms with van der Waals surface area (Å²) < 4.78 is 18.3. The van der Waals surface area contributed by atoms with E-state index in [2.05, 4.69) is 9.97 Å². The number of benzene rings is 1. The van der Waals surface area contributed by atoms with Gasteiger partial charge in [-0.25, -0.2) is 4.98 Å². The molecule has 18 heavy (non-hydrogen) atoms. The lowest BCUT2D eigenvalue weighted by Crippen LogP contribution is -2.16. The molecule has 0 aliphatic rings. The Hall–Kier alpha value is -2.01. The van der Waals surface area contributed by atoms with Gasteiger partial charge in [-0.15, -0.1) is 0 Å². The number of aromatic amines is 1. The van der Waals surface area contributed by atoms with Gasteiger partial charge in [0.05, 0.1) is 12.3 Å². The first-order valence-electron chi connectivity index (χ1n) is 5.47. The lowest BCUT2D eigenvalue weighted by atomic mass is 10.1. The maximum Gasteiger partial charge on any atom is 0.287 e. The van der Waals surface area contributed by atoms with Crippen molar-refractivity contribution in [1.29, 1.82) is 0 Å². The van der Waals surface area contributed by atoms with Crippen LogP contribution in [0, 0.1) is 12.7 Å². The Labute approximate surface area is 103 Å². The number of ether oxygens (including phenoxy) is 1. The zero-order chi connectivity index (χ0) is 13.1. The van der Waals surface area contributed by atoms with Crippen LogP contribution >= 0.6 is 0 Å². The van der Waals surface area contributed by atoms with E-state index in [0.717, 1.165) is 11.1 Å². The predicted octanol–water partition coefficient (Wildman–Crippen LogP) is 2.03. The number of hydrogen-bond donors (Lipinski definition) is 1. The van der Waals surface area contributed by atoms with Crippen molar-refractivity contribution in [1.82, 2.24) is 9.97 Å². The van der Waals surface area contributed by atoms with Crippen molar-refractivity contribution in [3.63, 3.8) is 0 Å². The SMILES string of the molecule is COCc1ccccc1-c1nc(C)c(F)c(=O)[nH]1. The third kappa shape index (κ3) is 2.31. The fraction of sp³-hybridized carbons (Fsp3) is 0.231. The normalized spacial score (nSPS) is 10.6. The molecule has 0 saturated carbocycles. The minimum Gasteiger partial charge on any atom is -0.380 e. The Morgan fingerprint density at radius 3 is 2.78 bits per heavy atom. The van der Waals surface area contributed by atoms with E-state index < -0.39 is 11.4 Å². The molecule has 0 atom stereocenters. The van der Waals surface area contributed by atoms with Crippen LogP contribution in [0.4, 0.5) is 4.39 Å². The van der Waals surface area contributed by atoms with Crippen molar-refractivity contribution >= 4 is 0 Å². The van der Waals surface area contributed by atoms with Gasteiger partial charge in [-0.1, -0.05) is 24.3 Å². The molecule has 5 heteroatoms. The second kappa shape index (κ2) is 5.10. The van der Waals surface area contributed by atoms with Crippen LogP contribution in [-0.4, -0.2) is 17.1 Å². The van der Waals surface area contributed by atoms with Gasteiger partial charge in [-0.2, -0.15) is 4.39 Å². The van der Waals surface area contributed by atoms with Crippen LogP contribution in [0.5, 0.6) is 0 Å². The van der Waals surface area contributed by atoms with Gasteiger partial charge in [0.15, 0.2) is 0 Å². The zero-order valence-electron chi connectivity index (χ0n) is 10.2. The number of H-pyrrole nitrogens is 1. The van der Waals surface area contributed by atoms with Gasteiger partial charge in [-0.05, 0) is 12.5 Å². The van der Waals surface area contributed by atoms with Crippen molar-refractivity contribution in [2.75, 3.05) is 7.11 Å². The molecule has 1 N–H and O–H groups in total. The fourth-order valence-corrected chi connectivity index (χ4v) is 1.73. The van der Waals surface area contributed by atoms with Crippen molar-refractivity contribution in [2.24, 2.45) is 0 Å². The molecule has 0 unspecified atom stereocenters. The van der Waals surface area contributed by atoms with Crippen molar-refractivity contribution in [3.8, 4) is 11.4 Å². The maximum absolute atomic E-state index is 13.2. The number of rotatable bonds is 3. The Balaban J connectivity index is 2.59. The van der Waals surface area contributed by atoms with Crippen LogP contribution in [-0.2, 0) is 11.3 Å². The van der Waals surface area contributed by atoms with Gasteiger partial charge < -0.3 is 9.72 Å². The standard InChI is InChI=1S/C13H13FN2O2/c1-8-11(14)13(17)16-12(15-8)10-6-4-3-5-9(10)7-18-2/h3-6H,7H2,1-2H3,(H,15,16,17). The van der Waals surface area contributed by atoms with Gasteiger partial charge in [-0.3, -0.25) is 4.79 Å². The molecule has 0 fully saturated rings. The summed E-state index contributed by atoms with van der Waals surface area (Å²) >= 11 is 0. The summed E-state index contributed by atoms with van der Waals surface area (Å²) in [7, 11) is 1.59. The topological polar surface area (TPSA) is 55.0 Å². The minimum atomic E-state index is -0.844. The zero-order valence-corrected chi connectivity index (χ0v) is 10.2. The molecule has 2 rings (SSSR count). The molecule has 4 nitrogen and oxygen atoms in total. The first-order chi connectivity index (χ1) is 8.63. The number of hydrogen-bond acceptors (Lipinski definition) is 3. The van der Waals surface area contributed by atoms with E-state index in [1.807, 2.05) is 24.3 Å². The van der Waals surface area contributed by atoms with Crippen LogP contribution in [0.1, 0.15) is 11.3 Å². The van der Waals surface area contributed by atoms with Crippen LogP contribution in [0.2, 0.25) is 0 Å². The average molecular weight is 248 g/mol. The number of nitrogens with one attached hydrogen (secondary N) is 1. The van der Waals surface area contributed by atoms with Crippen LogP contribution < -0.4 is 5.56 Å². The molecule has 0 bridgehead atoms. The summed E-state index contributed by atoms with van der Waals surface area (Å²) in [5, 5.41) is 0.